The van der Waals surface area contributed by atoms with Crippen molar-refractivity contribution in [2.45, 2.75) is 43.5 Å². The van der Waals surface area contributed by atoms with Crippen LogP contribution in [0.15, 0.2) is 12.1 Å². The van der Waals surface area contributed by atoms with Crippen molar-refractivity contribution in [2.24, 2.45) is 0 Å². The van der Waals surface area contributed by atoms with Crippen LogP contribution in [0.1, 0.15) is 25.0 Å². The summed E-state index contributed by atoms with van der Waals surface area (Å²) in [4.78, 5) is 0. The monoisotopic (exact) mass is 534 g/mol. The minimum absolute atomic E-state index is 0.0000884. The predicted octanol–water partition coefficient (Wildman–Crippen LogP) is 3.19. The van der Waals surface area contributed by atoms with Crippen molar-refractivity contribution < 1.29 is 66.1 Å². The molecule has 0 fully saturated rings. The average Bonchev–Trinajstić information content (AvgIpc) is 2.68. The third-order valence-corrected chi connectivity index (χ3v) is 6.12. The van der Waals surface area contributed by atoms with Crippen molar-refractivity contribution in [1.82, 2.24) is 0 Å². The molecule has 9 nitrogen and oxygen atoms in total. The molecule has 0 aromatic heterocycles. The molecule has 1 rings (SSSR count). The van der Waals surface area contributed by atoms with E-state index in [-0.39, 0.29) is 43.3 Å². The van der Waals surface area contributed by atoms with E-state index in [1.165, 1.54) is 7.11 Å². The summed E-state index contributed by atoms with van der Waals surface area (Å²) in [6, 6.07) is 1.49. The van der Waals surface area contributed by atoms with E-state index in [1.807, 2.05) is 0 Å². The van der Waals surface area contributed by atoms with Crippen LogP contribution in [0.2, 0.25) is 0 Å². The molecular formula is C16H20F6O9S2. The first-order chi connectivity index (χ1) is 14.9. The molecule has 17 heteroatoms. The summed E-state index contributed by atoms with van der Waals surface area (Å²) < 4.78 is 155. The molecule has 1 aromatic rings. The molecule has 0 aliphatic carbocycles. The third-order valence-electron chi connectivity index (χ3n) is 3.92. The fraction of sp³-hybridized carbons (Fsp3) is 0.625. The van der Waals surface area contributed by atoms with E-state index >= 15 is 0 Å². The Morgan fingerprint density at radius 1 is 0.848 bits per heavy atom. The van der Waals surface area contributed by atoms with Crippen molar-refractivity contribution in [3.05, 3.63) is 23.3 Å². The van der Waals surface area contributed by atoms with Crippen LogP contribution in [0.3, 0.4) is 0 Å². The summed E-state index contributed by atoms with van der Waals surface area (Å²) in [6.07, 6.45) is 0. The highest BCUT2D eigenvalue weighted by molar-refractivity contribution is 7.88. The molecular weight excluding hydrogens is 514 g/mol. The van der Waals surface area contributed by atoms with Gasteiger partial charge in [-0.15, -0.1) is 0 Å². The van der Waals surface area contributed by atoms with Gasteiger partial charge >= 0.3 is 36.7 Å². The molecule has 1 aromatic carbocycles. The van der Waals surface area contributed by atoms with Gasteiger partial charge in [-0.25, -0.2) is 0 Å². The Labute approximate surface area is 185 Å². The van der Waals surface area contributed by atoms with E-state index in [0.29, 0.717) is 0 Å². The topological polar surface area (TPSA) is 125 Å². The molecule has 0 radical (unpaired) electrons. The fourth-order valence-electron chi connectivity index (χ4n) is 2.34. The van der Waals surface area contributed by atoms with Crippen molar-refractivity contribution >= 4 is 20.2 Å². The first kappa shape index (κ1) is 29.2. The quantitative estimate of drug-likeness (QED) is 0.231. The lowest BCUT2D eigenvalue weighted by Crippen LogP contribution is -2.61. The maximum Gasteiger partial charge on any atom is 0.450 e. The highest BCUT2D eigenvalue weighted by atomic mass is 32.2. The van der Waals surface area contributed by atoms with Gasteiger partial charge in [0.05, 0.1) is 20.3 Å². The molecule has 0 saturated carbocycles. The summed E-state index contributed by atoms with van der Waals surface area (Å²) in [5, 5.41) is -13.7. The lowest BCUT2D eigenvalue weighted by Gasteiger charge is -2.29. The molecule has 33 heavy (non-hydrogen) atoms. The van der Waals surface area contributed by atoms with Gasteiger partial charge in [0.25, 0.3) is 0 Å². The van der Waals surface area contributed by atoms with Crippen molar-refractivity contribution in [3.8, 4) is 11.5 Å². The summed E-state index contributed by atoms with van der Waals surface area (Å²) in [6.45, 7) is 2.87. The van der Waals surface area contributed by atoms with Crippen LogP contribution < -0.4 is 8.92 Å². The molecule has 0 spiro atoms. The number of hydrogen-bond donors (Lipinski definition) is 1. The van der Waals surface area contributed by atoms with Gasteiger partial charge in [-0.2, -0.15) is 43.2 Å². The van der Waals surface area contributed by atoms with Crippen molar-refractivity contribution in [1.29, 1.82) is 0 Å². The summed E-state index contributed by atoms with van der Waals surface area (Å²) in [5.41, 5.74) is 0.000177. The van der Waals surface area contributed by atoms with Gasteiger partial charge in [0.1, 0.15) is 11.5 Å². The van der Waals surface area contributed by atoms with Gasteiger partial charge < -0.3 is 18.4 Å². The Bertz CT molecular complexity index is 1010. The fourth-order valence-corrected chi connectivity index (χ4v) is 3.75. The van der Waals surface area contributed by atoms with E-state index in [1.54, 1.807) is 13.8 Å². The molecule has 0 heterocycles. The largest absolute Gasteiger partial charge is 0.496 e. The van der Waals surface area contributed by atoms with Gasteiger partial charge in [0.15, 0.2) is 0 Å². The van der Waals surface area contributed by atoms with Gasteiger partial charge in [-0.05, 0) is 26.0 Å². The van der Waals surface area contributed by atoms with E-state index in [2.05, 4.69) is 4.18 Å². The minimum atomic E-state index is -7.15. The van der Waals surface area contributed by atoms with E-state index in [9.17, 15) is 43.2 Å². The Morgan fingerprint density at radius 2 is 1.27 bits per heavy atom. The lowest BCUT2D eigenvalue weighted by molar-refractivity contribution is -0.247. The standard InChI is InChI=1S/C16H20F6O9S2/c1-4-29-8-10-6-12(7-11(9-30-5-2)13(10)28-3)31-33(26,27)16(21,22)14(17,18)15(19,20)32(23,24)25/h6-7H,4-5,8-9H2,1-3H3,(H,23,24,25). The zero-order chi connectivity index (χ0) is 25.9. The Hall–Kier alpha value is -1.82. The molecule has 0 unspecified atom stereocenters. The molecule has 0 atom stereocenters. The van der Waals surface area contributed by atoms with Crippen LogP contribution >= 0.6 is 0 Å². The smallest absolute Gasteiger partial charge is 0.450 e. The second-order valence-corrected chi connectivity index (χ2v) is 9.22. The normalized spacial score (nSPS) is 13.8. The number of rotatable bonds is 13. The zero-order valence-electron chi connectivity index (χ0n) is 17.3. The molecule has 0 bridgehead atoms. The SMILES string of the molecule is CCOCc1cc(OS(=O)(=O)C(F)(F)C(F)(F)C(F)(F)S(=O)(=O)O)cc(COCC)c1OC. The number of hydrogen-bond acceptors (Lipinski definition) is 8. The lowest BCUT2D eigenvalue weighted by atomic mass is 10.1. The maximum atomic E-state index is 14.1. The molecule has 0 aliphatic heterocycles. The number of methoxy groups -OCH3 is 1. The van der Waals surface area contributed by atoms with Crippen molar-refractivity contribution in [2.75, 3.05) is 20.3 Å². The van der Waals surface area contributed by atoms with Crippen LogP contribution in [0, 0.1) is 0 Å². The number of halogens is 6. The van der Waals surface area contributed by atoms with Crippen LogP contribution in [0.25, 0.3) is 0 Å². The first-order valence-electron chi connectivity index (χ1n) is 8.81. The van der Waals surface area contributed by atoms with Crippen LogP contribution in [-0.4, -0.2) is 58.1 Å². The van der Waals surface area contributed by atoms with E-state index < -0.39 is 42.4 Å². The van der Waals surface area contributed by atoms with Crippen LogP contribution in [0.5, 0.6) is 11.5 Å². The average molecular weight is 534 g/mol. The third kappa shape index (κ3) is 5.64. The van der Waals surface area contributed by atoms with Gasteiger partial charge in [0, 0.05) is 24.3 Å². The Balaban J connectivity index is 3.56. The molecule has 0 saturated heterocycles. The number of ether oxygens (including phenoxy) is 3. The summed E-state index contributed by atoms with van der Waals surface area (Å²) >= 11 is 0. The Morgan fingerprint density at radius 3 is 1.61 bits per heavy atom. The second-order valence-electron chi connectivity index (χ2n) is 6.17. The molecule has 1 N–H and O–H groups in total. The molecule has 192 valence electrons. The van der Waals surface area contributed by atoms with Crippen molar-refractivity contribution in [3.63, 3.8) is 0 Å². The second kappa shape index (κ2) is 10.2. The van der Waals surface area contributed by atoms with E-state index in [4.69, 9.17) is 18.8 Å². The van der Waals surface area contributed by atoms with E-state index in [0.717, 1.165) is 12.1 Å². The number of alkyl halides is 6. The zero-order valence-corrected chi connectivity index (χ0v) is 18.9. The number of benzene rings is 1. The van der Waals surface area contributed by atoms with Crippen LogP contribution in [-0.2, 0) is 42.9 Å². The maximum absolute atomic E-state index is 14.1. The van der Waals surface area contributed by atoms with Gasteiger partial charge in [-0.1, -0.05) is 0 Å². The highest BCUT2D eigenvalue weighted by Crippen LogP contribution is 2.51. The van der Waals surface area contributed by atoms with Gasteiger partial charge in [0.2, 0.25) is 0 Å². The van der Waals surface area contributed by atoms with Crippen LogP contribution in [0.4, 0.5) is 26.3 Å². The highest BCUT2D eigenvalue weighted by Gasteiger charge is 2.83. The first-order valence-corrected chi connectivity index (χ1v) is 11.7. The predicted molar refractivity (Wildman–Crippen MR) is 99.6 cm³/mol. The Kier molecular flexibility index (Phi) is 9.03. The summed E-state index contributed by atoms with van der Waals surface area (Å²) in [5.74, 6) is -8.11. The van der Waals surface area contributed by atoms with Gasteiger partial charge in [-0.3, -0.25) is 4.55 Å². The molecule has 0 amide bonds. The molecule has 0 aliphatic rings. The summed E-state index contributed by atoms with van der Waals surface area (Å²) in [7, 11) is -12.9. The minimum Gasteiger partial charge on any atom is -0.496 e.